The molecule has 0 radical (unpaired) electrons. The zero-order chi connectivity index (χ0) is 29.2. The van der Waals surface area contributed by atoms with Crippen molar-refractivity contribution in [3.05, 3.63) is 34.1 Å². The summed E-state index contributed by atoms with van der Waals surface area (Å²) in [6.07, 6.45) is 0.368. The van der Waals surface area contributed by atoms with Crippen molar-refractivity contribution in [2.75, 3.05) is 20.1 Å². The molecule has 0 spiro atoms. The lowest BCUT2D eigenvalue weighted by molar-refractivity contribution is -0.192. The normalized spacial score (nSPS) is 16.3. The predicted molar refractivity (Wildman–Crippen MR) is 140 cm³/mol. The van der Waals surface area contributed by atoms with Gasteiger partial charge >= 0.3 is 12.1 Å². The first-order valence-corrected chi connectivity index (χ1v) is 13.2. The fraction of sp³-hybridized carbons (Fsp3) is 0.560. The number of carboxylic acids is 1. The van der Waals surface area contributed by atoms with E-state index in [4.69, 9.17) is 33.1 Å². The molecule has 1 aliphatic rings. The number of carbonyl (C=O) groups is 3. The number of carbonyl (C=O) groups excluding carboxylic acids is 2. The Morgan fingerprint density at radius 1 is 1.18 bits per heavy atom. The van der Waals surface area contributed by atoms with Gasteiger partial charge in [-0.05, 0) is 51.1 Å². The van der Waals surface area contributed by atoms with Crippen LogP contribution >= 0.6 is 23.2 Å². The first-order valence-electron chi connectivity index (χ1n) is 12.5. The van der Waals surface area contributed by atoms with E-state index in [-0.39, 0.29) is 17.9 Å². The van der Waals surface area contributed by atoms with Crippen LogP contribution < -0.4 is 5.32 Å². The summed E-state index contributed by atoms with van der Waals surface area (Å²) in [5, 5.41) is 18.6. The first-order chi connectivity index (χ1) is 18.3. The second kappa shape index (κ2) is 15.2. The average molecular weight is 594 g/mol. The molecule has 1 aromatic heterocycles. The van der Waals surface area contributed by atoms with E-state index < -0.39 is 12.1 Å². The monoisotopic (exact) mass is 593 g/mol. The molecule has 2 heterocycles. The van der Waals surface area contributed by atoms with E-state index in [1.165, 1.54) is 0 Å². The zero-order valence-corrected chi connectivity index (χ0v) is 23.2. The highest BCUT2D eigenvalue weighted by atomic mass is 35.5. The minimum absolute atomic E-state index is 0.0150. The smallest absolute Gasteiger partial charge is 0.475 e. The Morgan fingerprint density at radius 2 is 1.82 bits per heavy atom. The van der Waals surface area contributed by atoms with E-state index in [2.05, 4.69) is 25.4 Å². The number of unbranched alkanes of at least 4 members (excludes halogenated alkanes) is 2. The number of aromatic amines is 1. The second-order valence-electron chi connectivity index (χ2n) is 9.31. The van der Waals surface area contributed by atoms with Crippen LogP contribution in [0.15, 0.2) is 18.2 Å². The molecular formula is C25H32Cl2F3N5O4. The van der Waals surface area contributed by atoms with E-state index in [9.17, 15) is 22.8 Å². The lowest BCUT2D eigenvalue weighted by Crippen LogP contribution is -2.35. The fourth-order valence-corrected chi connectivity index (χ4v) is 4.51. The summed E-state index contributed by atoms with van der Waals surface area (Å²) < 4.78 is 31.7. The van der Waals surface area contributed by atoms with Gasteiger partial charge in [-0.25, -0.2) is 9.78 Å². The van der Waals surface area contributed by atoms with Crippen LogP contribution in [-0.4, -0.2) is 69.2 Å². The van der Waals surface area contributed by atoms with Gasteiger partial charge in [0.2, 0.25) is 5.91 Å². The fourth-order valence-electron chi connectivity index (χ4n) is 3.98. The Labute approximate surface area is 234 Å². The van der Waals surface area contributed by atoms with Crippen LogP contribution in [-0.2, 0) is 14.4 Å². The third kappa shape index (κ3) is 11.1. The Bertz CT molecular complexity index is 1110. The quantitative estimate of drug-likeness (QED) is 0.295. The molecule has 1 aromatic carbocycles. The number of aromatic nitrogens is 3. The number of likely N-dealkylation sites (tertiary alicyclic amines) is 1. The highest BCUT2D eigenvalue weighted by Crippen LogP contribution is 2.27. The number of nitrogens with zero attached hydrogens (tertiary/aromatic N) is 3. The van der Waals surface area contributed by atoms with Gasteiger partial charge in [-0.3, -0.25) is 14.7 Å². The van der Waals surface area contributed by atoms with Gasteiger partial charge in [-0.1, -0.05) is 43.0 Å². The van der Waals surface area contributed by atoms with Gasteiger partial charge < -0.3 is 15.3 Å². The predicted octanol–water partition coefficient (Wildman–Crippen LogP) is 5.45. The van der Waals surface area contributed by atoms with Crippen LogP contribution in [0.5, 0.6) is 0 Å². The second-order valence-corrected chi connectivity index (χ2v) is 10.2. The lowest BCUT2D eigenvalue weighted by Gasteiger charge is -2.19. The standard InChI is InChI=1S/C23H31Cl2N5O2.C2HF3O2/c1-3-19(31)7-5-4-6-8-20(26-23(32)15-9-10-30(2)14-15)22-27-21(28-29-22)16-11-17(24)13-18(25)12-16;3-2(4,5)1(6)7/h11-13,15,20H,3-10,14H2,1-2H3,(H,26,32)(H,27,28,29);(H,6,7)/t15-,20-;/m0./s1. The van der Waals surface area contributed by atoms with Crippen LogP contribution in [0, 0.1) is 5.92 Å². The average Bonchev–Trinajstić information content (AvgIpc) is 3.51. The Balaban J connectivity index is 0.000000673. The van der Waals surface area contributed by atoms with Crippen molar-refractivity contribution in [2.45, 2.75) is 64.1 Å². The topological polar surface area (TPSA) is 128 Å². The SMILES string of the molecule is CCC(=O)CCCCC[C@H](NC(=O)[C@H]1CCN(C)C1)c1nc(-c2cc(Cl)cc(Cl)c2)n[nH]1.O=C(O)C(F)(F)F. The third-order valence-corrected chi connectivity index (χ3v) is 6.55. The third-order valence-electron chi connectivity index (χ3n) is 6.12. The van der Waals surface area contributed by atoms with Gasteiger partial charge in [0.25, 0.3) is 0 Å². The molecule has 9 nitrogen and oxygen atoms in total. The molecule has 0 unspecified atom stereocenters. The number of ketones is 1. The van der Waals surface area contributed by atoms with Gasteiger partial charge in [0, 0.05) is 35.0 Å². The number of nitrogens with one attached hydrogen (secondary N) is 2. The molecule has 2 atom stereocenters. The van der Waals surface area contributed by atoms with Crippen molar-refractivity contribution < 1.29 is 32.7 Å². The van der Waals surface area contributed by atoms with Gasteiger partial charge in [0.15, 0.2) is 5.82 Å². The maximum Gasteiger partial charge on any atom is 0.490 e. The Hall–Kier alpha value is -2.70. The molecule has 1 aliphatic heterocycles. The molecule has 1 fully saturated rings. The lowest BCUT2D eigenvalue weighted by atomic mass is 10.0. The van der Waals surface area contributed by atoms with Crippen molar-refractivity contribution in [1.82, 2.24) is 25.4 Å². The molecule has 39 heavy (non-hydrogen) atoms. The van der Waals surface area contributed by atoms with Crippen molar-refractivity contribution in [3.8, 4) is 11.4 Å². The molecule has 3 rings (SSSR count). The number of H-pyrrole nitrogens is 1. The minimum atomic E-state index is -5.08. The number of hydrogen-bond acceptors (Lipinski definition) is 6. The largest absolute Gasteiger partial charge is 0.490 e. The molecule has 2 aromatic rings. The van der Waals surface area contributed by atoms with Gasteiger partial charge in [-0.2, -0.15) is 18.3 Å². The molecule has 216 valence electrons. The van der Waals surface area contributed by atoms with Crippen LogP contribution in [0.3, 0.4) is 0 Å². The van der Waals surface area contributed by atoms with Crippen LogP contribution in [0.2, 0.25) is 10.0 Å². The summed E-state index contributed by atoms with van der Waals surface area (Å²) in [4.78, 5) is 40.1. The Morgan fingerprint density at radius 3 is 2.36 bits per heavy atom. The van der Waals surface area contributed by atoms with Crippen LogP contribution in [0.1, 0.15) is 63.7 Å². The number of halogens is 5. The molecule has 1 saturated heterocycles. The maximum absolute atomic E-state index is 12.9. The van der Waals surface area contributed by atoms with Gasteiger partial charge in [0.1, 0.15) is 11.6 Å². The summed E-state index contributed by atoms with van der Waals surface area (Å²) >= 11 is 12.2. The molecular weight excluding hydrogens is 562 g/mol. The highest BCUT2D eigenvalue weighted by Gasteiger charge is 2.38. The molecule has 1 amide bonds. The molecule has 0 aliphatic carbocycles. The summed E-state index contributed by atoms with van der Waals surface area (Å²) in [5.41, 5.74) is 0.713. The minimum Gasteiger partial charge on any atom is -0.475 e. The molecule has 0 bridgehead atoms. The van der Waals surface area contributed by atoms with E-state index in [1.807, 2.05) is 14.0 Å². The summed E-state index contributed by atoms with van der Waals surface area (Å²) in [7, 11) is 2.03. The number of alkyl halides is 3. The zero-order valence-electron chi connectivity index (χ0n) is 21.7. The van der Waals surface area contributed by atoms with E-state index in [0.717, 1.165) is 45.2 Å². The van der Waals surface area contributed by atoms with Crippen molar-refractivity contribution in [2.24, 2.45) is 5.92 Å². The van der Waals surface area contributed by atoms with Crippen LogP contribution in [0.4, 0.5) is 13.2 Å². The number of aliphatic carboxylic acids is 1. The summed E-state index contributed by atoms with van der Waals surface area (Å²) in [5.74, 6) is -1.34. The number of Topliss-reactive ketones (excluding diaryl/α,β-unsaturated/α-hetero) is 1. The number of hydrogen-bond donors (Lipinski definition) is 3. The van der Waals surface area contributed by atoms with E-state index >= 15 is 0 Å². The number of amides is 1. The molecule has 0 saturated carbocycles. The maximum atomic E-state index is 12.9. The number of carboxylic acid groups (broad SMARTS) is 1. The molecule has 3 N–H and O–H groups in total. The van der Waals surface area contributed by atoms with Crippen LogP contribution in [0.25, 0.3) is 11.4 Å². The van der Waals surface area contributed by atoms with Gasteiger partial charge in [-0.15, -0.1) is 0 Å². The van der Waals surface area contributed by atoms with Crippen molar-refractivity contribution >= 4 is 40.9 Å². The number of benzene rings is 1. The van der Waals surface area contributed by atoms with Gasteiger partial charge in [0.05, 0.1) is 12.0 Å². The highest BCUT2D eigenvalue weighted by molar-refractivity contribution is 6.35. The Kier molecular flexibility index (Phi) is 12.7. The number of rotatable bonds is 11. The molecule has 14 heteroatoms. The first kappa shape index (κ1) is 32.5. The van der Waals surface area contributed by atoms with E-state index in [0.29, 0.717) is 45.9 Å². The van der Waals surface area contributed by atoms with Crippen molar-refractivity contribution in [1.29, 1.82) is 0 Å². The summed E-state index contributed by atoms with van der Waals surface area (Å²) in [6, 6.07) is 4.90. The van der Waals surface area contributed by atoms with E-state index in [1.54, 1.807) is 18.2 Å². The van der Waals surface area contributed by atoms with Crippen molar-refractivity contribution in [3.63, 3.8) is 0 Å². The summed E-state index contributed by atoms with van der Waals surface area (Å²) in [6.45, 7) is 3.58.